The molecule has 1 atom stereocenters. The summed E-state index contributed by atoms with van der Waals surface area (Å²) in [6.45, 7) is 0. The van der Waals surface area contributed by atoms with Crippen LogP contribution in [-0.4, -0.2) is 25.0 Å². The first kappa shape index (κ1) is 13.5. The fourth-order valence-corrected chi connectivity index (χ4v) is 1.91. The molecule has 1 amide bonds. The molecule has 5 heteroatoms. The second-order valence-electron chi connectivity index (χ2n) is 4.74. The van der Waals surface area contributed by atoms with Crippen molar-refractivity contribution < 1.29 is 18.7 Å². The van der Waals surface area contributed by atoms with E-state index < -0.39 is 23.7 Å². The van der Waals surface area contributed by atoms with Crippen LogP contribution in [0.4, 0.5) is 4.39 Å². The fraction of sp³-hybridized carbons (Fsp3) is 0.429. The van der Waals surface area contributed by atoms with Crippen molar-refractivity contribution >= 4 is 11.9 Å². The van der Waals surface area contributed by atoms with Crippen molar-refractivity contribution in [3.8, 4) is 0 Å². The number of benzene rings is 1. The van der Waals surface area contributed by atoms with Gasteiger partial charge in [0, 0.05) is 5.56 Å². The van der Waals surface area contributed by atoms with Crippen molar-refractivity contribution in [2.45, 2.75) is 25.3 Å². The van der Waals surface area contributed by atoms with Gasteiger partial charge >= 0.3 is 5.97 Å². The van der Waals surface area contributed by atoms with Gasteiger partial charge in [0.15, 0.2) is 0 Å². The van der Waals surface area contributed by atoms with Gasteiger partial charge in [0.25, 0.3) is 5.91 Å². The predicted molar refractivity (Wildman–Crippen MR) is 67.0 cm³/mol. The number of nitrogens with one attached hydrogen (secondary N) is 1. The van der Waals surface area contributed by atoms with E-state index >= 15 is 0 Å². The van der Waals surface area contributed by atoms with E-state index in [9.17, 15) is 14.0 Å². The smallest absolute Gasteiger partial charge is 0.328 e. The summed E-state index contributed by atoms with van der Waals surface area (Å²) in [6, 6.07) is 4.70. The van der Waals surface area contributed by atoms with Crippen molar-refractivity contribution in [2.24, 2.45) is 5.92 Å². The lowest BCUT2D eigenvalue weighted by Crippen LogP contribution is -2.41. The van der Waals surface area contributed by atoms with E-state index in [2.05, 4.69) is 10.1 Å². The lowest BCUT2D eigenvalue weighted by atomic mass is 10.1. The van der Waals surface area contributed by atoms with Crippen LogP contribution in [0.25, 0.3) is 0 Å². The summed E-state index contributed by atoms with van der Waals surface area (Å²) < 4.78 is 17.7. The van der Waals surface area contributed by atoms with Crippen LogP contribution in [0.15, 0.2) is 24.3 Å². The minimum Gasteiger partial charge on any atom is -0.467 e. The quantitative estimate of drug-likeness (QED) is 0.827. The van der Waals surface area contributed by atoms with Crippen LogP contribution in [0.5, 0.6) is 0 Å². The molecule has 1 aliphatic rings. The molecule has 0 radical (unpaired) electrons. The number of hydrogen-bond acceptors (Lipinski definition) is 3. The molecule has 1 aliphatic carbocycles. The van der Waals surface area contributed by atoms with Crippen molar-refractivity contribution in [1.82, 2.24) is 5.32 Å². The Kier molecular flexibility index (Phi) is 4.14. The molecule has 4 nitrogen and oxygen atoms in total. The number of esters is 1. The van der Waals surface area contributed by atoms with E-state index in [-0.39, 0.29) is 5.56 Å². The molecule has 0 saturated heterocycles. The molecule has 0 aromatic heterocycles. The monoisotopic (exact) mass is 265 g/mol. The maximum absolute atomic E-state index is 13.0. The summed E-state index contributed by atoms with van der Waals surface area (Å²) in [5.74, 6) is -0.937. The van der Waals surface area contributed by atoms with Crippen LogP contribution in [0.1, 0.15) is 29.6 Å². The van der Waals surface area contributed by atoms with Crippen LogP contribution >= 0.6 is 0 Å². The summed E-state index contributed by atoms with van der Waals surface area (Å²) in [7, 11) is 1.29. The zero-order valence-electron chi connectivity index (χ0n) is 10.7. The zero-order valence-corrected chi connectivity index (χ0v) is 10.7. The molecule has 0 spiro atoms. The second-order valence-corrected chi connectivity index (χ2v) is 4.74. The highest BCUT2D eigenvalue weighted by Gasteiger charge is 2.31. The fourth-order valence-electron chi connectivity index (χ4n) is 1.91. The van der Waals surface area contributed by atoms with Crippen LogP contribution in [0, 0.1) is 11.7 Å². The summed E-state index contributed by atoms with van der Waals surface area (Å²) >= 11 is 0. The zero-order chi connectivity index (χ0) is 13.8. The van der Waals surface area contributed by atoms with E-state index in [1.165, 1.54) is 25.3 Å². The van der Waals surface area contributed by atoms with Crippen LogP contribution in [0.2, 0.25) is 0 Å². The van der Waals surface area contributed by atoms with Gasteiger partial charge < -0.3 is 10.1 Å². The van der Waals surface area contributed by atoms with E-state index in [1.54, 1.807) is 0 Å². The van der Waals surface area contributed by atoms with E-state index in [0.29, 0.717) is 12.3 Å². The number of rotatable bonds is 5. The molecule has 1 N–H and O–H groups in total. The first-order valence-electron chi connectivity index (χ1n) is 6.24. The summed E-state index contributed by atoms with van der Waals surface area (Å²) in [5.41, 5.74) is 0.199. The van der Waals surface area contributed by atoms with Gasteiger partial charge in [-0.15, -0.1) is 0 Å². The Bertz CT molecular complexity index is 485. The lowest BCUT2D eigenvalue weighted by molar-refractivity contribution is -0.143. The number of methoxy groups -OCH3 is 1. The van der Waals surface area contributed by atoms with Gasteiger partial charge in [-0.2, -0.15) is 0 Å². The highest BCUT2D eigenvalue weighted by atomic mass is 19.1. The number of carbonyl (C=O) groups is 2. The molecule has 102 valence electrons. The summed E-state index contributed by atoms with van der Waals surface area (Å²) in [6.07, 6.45) is 2.72. The van der Waals surface area contributed by atoms with Gasteiger partial charge in [-0.3, -0.25) is 4.79 Å². The van der Waals surface area contributed by atoms with Gasteiger partial charge in [-0.25, -0.2) is 9.18 Å². The van der Waals surface area contributed by atoms with Crippen LogP contribution in [-0.2, 0) is 9.53 Å². The average molecular weight is 265 g/mol. The third kappa shape index (κ3) is 3.77. The number of carbonyl (C=O) groups excluding carboxylic acids is 2. The molecule has 2 rings (SSSR count). The number of hydrogen-bond donors (Lipinski definition) is 1. The van der Waals surface area contributed by atoms with Gasteiger partial charge in [0.2, 0.25) is 0 Å². The van der Waals surface area contributed by atoms with Gasteiger partial charge in [0.05, 0.1) is 7.11 Å². The molecule has 0 unspecified atom stereocenters. The summed E-state index contributed by atoms with van der Waals surface area (Å²) in [5, 5.41) is 2.60. The minimum absolute atomic E-state index is 0.199. The topological polar surface area (TPSA) is 55.4 Å². The third-order valence-electron chi connectivity index (χ3n) is 3.14. The SMILES string of the molecule is COC(=O)[C@H](CC1CC1)NC(=O)c1cccc(F)c1. The number of ether oxygens (including phenoxy) is 1. The van der Waals surface area contributed by atoms with E-state index in [0.717, 1.165) is 18.9 Å². The number of halogens is 1. The largest absolute Gasteiger partial charge is 0.467 e. The number of amides is 1. The molecule has 1 aromatic carbocycles. The molecular formula is C14H16FNO3. The maximum Gasteiger partial charge on any atom is 0.328 e. The van der Waals surface area contributed by atoms with Crippen molar-refractivity contribution in [3.63, 3.8) is 0 Å². The lowest BCUT2D eigenvalue weighted by Gasteiger charge is -2.16. The standard InChI is InChI=1S/C14H16FNO3/c1-19-14(18)12(7-9-5-6-9)16-13(17)10-3-2-4-11(15)8-10/h2-4,8-9,12H,5-7H2,1H3,(H,16,17)/t12-/m0/s1. The van der Waals surface area contributed by atoms with E-state index in [1.807, 2.05) is 0 Å². The molecule has 19 heavy (non-hydrogen) atoms. The van der Waals surface area contributed by atoms with Gasteiger partial charge in [-0.05, 0) is 30.5 Å². The predicted octanol–water partition coefficient (Wildman–Crippen LogP) is 1.90. The maximum atomic E-state index is 13.0. The highest BCUT2D eigenvalue weighted by molar-refractivity contribution is 5.96. The Morgan fingerprint density at radius 1 is 1.47 bits per heavy atom. The molecule has 0 heterocycles. The molecule has 0 bridgehead atoms. The van der Waals surface area contributed by atoms with E-state index in [4.69, 9.17) is 0 Å². The first-order valence-corrected chi connectivity index (χ1v) is 6.24. The third-order valence-corrected chi connectivity index (χ3v) is 3.14. The Morgan fingerprint density at radius 2 is 2.21 bits per heavy atom. The minimum atomic E-state index is -0.659. The summed E-state index contributed by atoms with van der Waals surface area (Å²) in [4.78, 5) is 23.5. The Hall–Kier alpha value is -1.91. The highest BCUT2D eigenvalue weighted by Crippen LogP contribution is 2.33. The first-order chi connectivity index (χ1) is 9.10. The Balaban J connectivity index is 2.03. The van der Waals surface area contributed by atoms with Crippen molar-refractivity contribution in [1.29, 1.82) is 0 Å². The molecule has 1 aromatic rings. The van der Waals surface area contributed by atoms with Gasteiger partial charge in [-0.1, -0.05) is 18.9 Å². The van der Waals surface area contributed by atoms with Crippen LogP contribution < -0.4 is 5.32 Å². The Morgan fingerprint density at radius 3 is 2.79 bits per heavy atom. The average Bonchev–Trinajstić information content (AvgIpc) is 3.21. The molecule has 1 saturated carbocycles. The second kappa shape index (κ2) is 5.82. The normalized spacial score (nSPS) is 15.7. The van der Waals surface area contributed by atoms with Gasteiger partial charge in [0.1, 0.15) is 11.9 Å². The van der Waals surface area contributed by atoms with Crippen molar-refractivity contribution in [3.05, 3.63) is 35.6 Å². The van der Waals surface area contributed by atoms with Crippen molar-refractivity contribution in [2.75, 3.05) is 7.11 Å². The molecule has 1 fully saturated rings. The van der Waals surface area contributed by atoms with Crippen LogP contribution in [0.3, 0.4) is 0 Å². The molecule has 0 aliphatic heterocycles. The Labute approximate surface area is 110 Å². The molecular weight excluding hydrogens is 249 g/mol.